The van der Waals surface area contributed by atoms with Crippen molar-refractivity contribution in [3.05, 3.63) is 11.4 Å². The maximum absolute atomic E-state index is 10.1. The van der Waals surface area contributed by atoms with E-state index in [4.69, 9.17) is 0 Å². The van der Waals surface area contributed by atoms with Gasteiger partial charge in [0.2, 0.25) is 12.2 Å². The third kappa shape index (κ3) is 2.22. The van der Waals surface area contributed by atoms with Gasteiger partial charge in [0.25, 0.3) is 0 Å². The Morgan fingerprint density at radius 2 is 2.00 bits per heavy atom. The maximum Gasteiger partial charge on any atom is 0.240 e. The largest absolute Gasteiger partial charge is 0.240 e. The molecule has 0 aromatic heterocycles. The molecule has 0 heterocycles. The first-order valence-corrected chi connectivity index (χ1v) is 4.18. The summed E-state index contributed by atoms with van der Waals surface area (Å²) in [6.45, 7) is 1.95. The van der Waals surface area contributed by atoms with E-state index in [1.807, 2.05) is 6.92 Å². The van der Waals surface area contributed by atoms with E-state index < -0.39 is 0 Å². The number of hydrogen-bond acceptors (Lipinski definition) is 4. The van der Waals surface area contributed by atoms with Gasteiger partial charge in [0.1, 0.15) is 0 Å². The second-order valence-corrected chi connectivity index (χ2v) is 3.03. The van der Waals surface area contributed by atoms with E-state index in [1.165, 1.54) is 12.2 Å². The van der Waals surface area contributed by atoms with Crippen LogP contribution < -0.4 is 0 Å². The molecule has 68 valence electrons. The Bertz CT molecular complexity index is 321. The van der Waals surface area contributed by atoms with E-state index in [2.05, 4.69) is 9.98 Å². The Balaban J connectivity index is 3.10. The lowest BCUT2D eigenvalue weighted by Crippen LogP contribution is -2.06. The van der Waals surface area contributed by atoms with Crippen molar-refractivity contribution in [1.82, 2.24) is 0 Å². The highest BCUT2D eigenvalue weighted by Gasteiger charge is 2.19. The molecule has 0 N–H and O–H groups in total. The molecule has 1 rings (SSSR count). The molecule has 0 aromatic carbocycles. The van der Waals surface area contributed by atoms with Crippen molar-refractivity contribution >= 4 is 12.2 Å². The molecule has 4 nitrogen and oxygen atoms in total. The molecule has 0 aromatic rings. The molecule has 0 bridgehead atoms. The highest BCUT2D eigenvalue weighted by atomic mass is 16.1. The molecule has 0 amide bonds. The van der Waals surface area contributed by atoms with E-state index in [0.29, 0.717) is 17.8 Å². The molecular weight excluding hydrogens is 168 g/mol. The van der Waals surface area contributed by atoms with Crippen molar-refractivity contribution in [2.24, 2.45) is 15.9 Å². The number of allylic oxidation sites excluding steroid dienone is 2. The Morgan fingerprint density at radius 1 is 1.31 bits per heavy atom. The first kappa shape index (κ1) is 9.59. The minimum absolute atomic E-state index is 0.183. The third-order valence-corrected chi connectivity index (χ3v) is 2.16. The summed E-state index contributed by atoms with van der Waals surface area (Å²) in [4.78, 5) is 27.3. The van der Waals surface area contributed by atoms with Gasteiger partial charge in [-0.2, -0.15) is 9.98 Å². The first-order chi connectivity index (χ1) is 6.29. The zero-order valence-electron chi connectivity index (χ0n) is 7.41. The van der Waals surface area contributed by atoms with Crippen molar-refractivity contribution in [2.75, 3.05) is 0 Å². The molecule has 4 heteroatoms. The third-order valence-electron chi connectivity index (χ3n) is 2.16. The molecule has 0 aliphatic heterocycles. The van der Waals surface area contributed by atoms with E-state index in [9.17, 15) is 9.59 Å². The van der Waals surface area contributed by atoms with Crippen LogP contribution in [0.4, 0.5) is 0 Å². The summed E-state index contributed by atoms with van der Waals surface area (Å²) < 4.78 is 0. The molecule has 0 saturated heterocycles. The topological polar surface area (TPSA) is 58.9 Å². The van der Waals surface area contributed by atoms with Crippen molar-refractivity contribution in [1.29, 1.82) is 0 Å². The van der Waals surface area contributed by atoms with Crippen LogP contribution in [0.3, 0.4) is 0 Å². The van der Waals surface area contributed by atoms with Gasteiger partial charge in [-0.3, -0.25) is 0 Å². The summed E-state index contributed by atoms with van der Waals surface area (Å²) in [5.41, 5.74) is 1.17. The Morgan fingerprint density at radius 3 is 2.62 bits per heavy atom. The van der Waals surface area contributed by atoms with Gasteiger partial charge in [0.15, 0.2) is 0 Å². The highest BCUT2D eigenvalue weighted by Crippen LogP contribution is 2.30. The Labute approximate surface area is 76.1 Å². The number of isocyanates is 2. The van der Waals surface area contributed by atoms with E-state index in [1.54, 1.807) is 0 Å². The summed E-state index contributed by atoms with van der Waals surface area (Å²) >= 11 is 0. The zero-order chi connectivity index (χ0) is 9.68. The van der Waals surface area contributed by atoms with E-state index in [-0.39, 0.29) is 5.92 Å². The van der Waals surface area contributed by atoms with Crippen molar-refractivity contribution < 1.29 is 9.59 Å². The minimum atomic E-state index is 0.183. The summed E-state index contributed by atoms with van der Waals surface area (Å²) in [5.74, 6) is 0.183. The lowest BCUT2D eigenvalue weighted by molar-refractivity contribution is 0.519. The fourth-order valence-corrected chi connectivity index (χ4v) is 1.52. The van der Waals surface area contributed by atoms with Crippen LogP contribution >= 0.6 is 0 Å². The van der Waals surface area contributed by atoms with Crippen molar-refractivity contribution in [3.8, 4) is 0 Å². The second kappa shape index (κ2) is 4.51. The molecule has 13 heavy (non-hydrogen) atoms. The van der Waals surface area contributed by atoms with Crippen LogP contribution in [0.25, 0.3) is 0 Å². The van der Waals surface area contributed by atoms with Crippen LogP contribution in [0.1, 0.15) is 26.2 Å². The molecule has 0 fully saturated rings. The Kier molecular flexibility index (Phi) is 3.32. The Hall–Kier alpha value is -1.50. The average Bonchev–Trinajstić information content (AvgIpc) is 2.11. The summed E-state index contributed by atoms with van der Waals surface area (Å²) in [6, 6.07) is 0. The number of aliphatic imine (C=N–C) groups is 2. The van der Waals surface area contributed by atoms with Crippen LogP contribution in [0, 0.1) is 5.92 Å². The van der Waals surface area contributed by atoms with Gasteiger partial charge in [-0.1, -0.05) is 6.92 Å². The fraction of sp³-hybridized carbons (Fsp3) is 0.556. The molecule has 1 unspecified atom stereocenters. The SMILES string of the molecule is CC1CCCC(N=C=O)=C1N=C=O. The van der Waals surface area contributed by atoms with Crippen molar-refractivity contribution in [3.63, 3.8) is 0 Å². The zero-order valence-corrected chi connectivity index (χ0v) is 7.41. The van der Waals surface area contributed by atoms with Gasteiger partial charge in [-0.25, -0.2) is 9.59 Å². The fourth-order valence-electron chi connectivity index (χ4n) is 1.52. The minimum Gasteiger partial charge on any atom is -0.211 e. The molecule has 0 radical (unpaired) electrons. The smallest absolute Gasteiger partial charge is 0.211 e. The predicted molar refractivity (Wildman–Crippen MR) is 46.3 cm³/mol. The summed E-state index contributed by atoms with van der Waals surface area (Å²) in [7, 11) is 0. The standard InChI is InChI=1S/C9H10N2O2/c1-7-3-2-4-8(10-5-12)9(7)11-6-13/h7H,2-4H2,1H3. The lowest BCUT2D eigenvalue weighted by Gasteiger charge is -2.18. The average molecular weight is 178 g/mol. The van der Waals surface area contributed by atoms with Gasteiger partial charge >= 0.3 is 0 Å². The van der Waals surface area contributed by atoms with Gasteiger partial charge in [0, 0.05) is 5.92 Å². The molecular formula is C9H10N2O2. The lowest BCUT2D eigenvalue weighted by atomic mass is 9.92. The normalized spacial score (nSPS) is 21.8. The van der Waals surface area contributed by atoms with Crippen LogP contribution in [0.5, 0.6) is 0 Å². The van der Waals surface area contributed by atoms with Crippen LogP contribution in [-0.2, 0) is 9.59 Å². The van der Waals surface area contributed by atoms with Crippen molar-refractivity contribution in [2.45, 2.75) is 26.2 Å². The molecule has 1 aliphatic carbocycles. The van der Waals surface area contributed by atoms with E-state index in [0.717, 1.165) is 12.8 Å². The van der Waals surface area contributed by atoms with Gasteiger partial charge in [-0.05, 0) is 19.3 Å². The number of carbonyl (C=O) groups excluding carboxylic acids is 2. The van der Waals surface area contributed by atoms with Gasteiger partial charge in [0.05, 0.1) is 11.4 Å². The number of nitrogens with zero attached hydrogens (tertiary/aromatic N) is 2. The molecule has 1 atom stereocenters. The quantitative estimate of drug-likeness (QED) is 0.477. The number of hydrogen-bond donors (Lipinski definition) is 0. The van der Waals surface area contributed by atoms with Gasteiger partial charge in [-0.15, -0.1) is 0 Å². The van der Waals surface area contributed by atoms with Crippen LogP contribution in [0.2, 0.25) is 0 Å². The number of rotatable bonds is 2. The predicted octanol–water partition coefficient (Wildman–Crippen LogP) is 1.69. The van der Waals surface area contributed by atoms with Gasteiger partial charge < -0.3 is 0 Å². The monoisotopic (exact) mass is 178 g/mol. The molecule has 0 saturated carbocycles. The maximum atomic E-state index is 10.1. The first-order valence-electron chi connectivity index (χ1n) is 4.18. The molecule has 0 spiro atoms. The summed E-state index contributed by atoms with van der Waals surface area (Å²) in [5, 5.41) is 0. The highest BCUT2D eigenvalue weighted by molar-refractivity contribution is 5.42. The van der Waals surface area contributed by atoms with E-state index >= 15 is 0 Å². The second-order valence-electron chi connectivity index (χ2n) is 3.03. The summed E-state index contributed by atoms with van der Waals surface area (Å²) in [6.07, 6.45) is 5.59. The van der Waals surface area contributed by atoms with Crippen LogP contribution in [-0.4, -0.2) is 12.2 Å². The van der Waals surface area contributed by atoms with Crippen LogP contribution in [0.15, 0.2) is 21.4 Å². The molecule has 1 aliphatic rings.